The molecule has 2 aromatic rings. The Bertz CT molecular complexity index is 1020. The summed E-state index contributed by atoms with van der Waals surface area (Å²) >= 11 is 0. The van der Waals surface area contributed by atoms with Crippen molar-refractivity contribution in [1.82, 2.24) is 0 Å². The van der Waals surface area contributed by atoms with Gasteiger partial charge in [-0.25, -0.2) is 16.8 Å². The number of rotatable bonds is 5. The average molecular weight is 419 g/mol. The summed E-state index contributed by atoms with van der Waals surface area (Å²) in [4.78, 5) is 0.212. The number of sulfone groups is 2. The molecule has 4 rings (SSSR count). The van der Waals surface area contributed by atoms with Crippen LogP contribution in [0.3, 0.4) is 0 Å². The molecule has 148 valence electrons. The second-order valence-electron chi connectivity index (χ2n) is 7.75. The van der Waals surface area contributed by atoms with E-state index in [-0.39, 0.29) is 16.4 Å². The summed E-state index contributed by atoms with van der Waals surface area (Å²) in [5.74, 6) is -1.15. The van der Waals surface area contributed by atoms with Gasteiger partial charge in [0.15, 0.2) is 19.7 Å². The van der Waals surface area contributed by atoms with Crippen LogP contribution in [0.2, 0.25) is 0 Å². The summed E-state index contributed by atoms with van der Waals surface area (Å²) in [6, 6.07) is 15.9. The van der Waals surface area contributed by atoms with Crippen molar-refractivity contribution in [2.45, 2.75) is 27.2 Å². The Labute approximate surface area is 165 Å². The molecule has 1 fully saturated rings. The quantitative estimate of drug-likeness (QED) is 0.754. The first-order valence-electron chi connectivity index (χ1n) is 9.11. The molecule has 1 unspecified atom stereocenters. The molecule has 0 aliphatic heterocycles. The lowest BCUT2D eigenvalue weighted by molar-refractivity contribution is 0.106. The summed E-state index contributed by atoms with van der Waals surface area (Å²) < 4.78 is 54.1. The molecule has 1 N–H and O–H groups in total. The monoisotopic (exact) mass is 418 g/mol. The van der Waals surface area contributed by atoms with Gasteiger partial charge in [0.05, 0.1) is 20.3 Å². The van der Waals surface area contributed by atoms with Gasteiger partial charge >= 0.3 is 0 Å². The molecule has 7 heteroatoms. The minimum atomic E-state index is -3.93. The Hall–Kier alpha value is -1.96. The predicted molar refractivity (Wildman–Crippen MR) is 106 cm³/mol. The molecule has 2 aromatic carbocycles. The number of hydrogen-bond donors (Lipinski definition) is 1. The van der Waals surface area contributed by atoms with Gasteiger partial charge in [0, 0.05) is 23.9 Å². The van der Waals surface area contributed by atoms with Crippen LogP contribution >= 0.6 is 0 Å². The molecule has 1 saturated carbocycles. The van der Waals surface area contributed by atoms with E-state index in [4.69, 9.17) is 0 Å². The normalized spacial score (nSPS) is 31.9. The van der Waals surface area contributed by atoms with E-state index < -0.39 is 47.4 Å². The SMILES string of the molecule is CC1(CO)[C@H]2C=C[C@H]1[C@@H](S(=O)(=O)c1ccccc1)[C@H]2S(=O)(=O)c1ccccc1. The van der Waals surface area contributed by atoms with Crippen molar-refractivity contribution in [1.29, 1.82) is 0 Å². The fourth-order valence-corrected chi connectivity index (χ4v) is 9.96. The highest BCUT2D eigenvalue weighted by atomic mass is 32.2. The van der Waals surface area contributed by atoms with Crippen LogP contribution in [-0.4, -0.2) is 39.0 Å². The first kappa shape index (κ1) is 19.4. The zero-order valence-electron chi connectivity index (χ0n) is 15.3. The Morgan fingerprint density at radius 2 is 1.11 bits per heavy atom. The highest BCUT2D eigenvalue weighted by Gasteiger charge is 2.66. The largest absolute Gasteiger partial charge is 0.396 e. The summed E-state index contributed by atoms with van der Waals surface area (Å²) in [5.41, 5.74) is -0.834. The third-order valence-corrected chi connectivity index (χ3v) is 10.9. The predicted octanol–water partition coefficient (Wildman–Crippen LogP) is 2.49. The molecule has 0 spiro atoms. The average Bonchev–Trinajstić information content (AvgIpc) is 3.18. The van der Waals surface area contributed by atoms with E-state index in [1.807, 2.05) is 0 Å². The van der Waals surface area contributed by atoms with Crippen LogP contribution in [0.15, 0.2) is 82.6 Å². The van der Waals surface area contributed by atoms with Crippen LogP contribution in [0.4, 0.5) is 0 Å². The number of allylic oxidation sites excluding steroid dienone is 2. The van der Waals surface area contributed by atoms with Gasteiger partial charge in [-0.2, -0.15) is 0 Å². The first-order valence-corrected chi connectivity index (χ1v) is 12.2. The number of aliphatic hydroxyl groups excluding tert-OH is 1. The molecule has 2 aliphatic carbocycles. The lowest BCUT2D eigenvalue weighted by Crippen LogP contribution is -2.42. The van der Waals surface area contributed by atoms with E-state index in [1.165, 1.54) is 24.3 Å². The zero-order valence-corrected chi connectivity index (χ0v) is 17.0. The van der Waals surface area contributed by atoms with Crippen LogP contribution in [-0.2, 0) is 19.7 Å². The Morgan fingerprint density at radius 3 is 1.43 bits per heavy atom. The summed E-state index contributed by atoms with van der Waals surface area (Å²) in [6.45, 7) is 1.49. The molecule has 0 radical (unpaired) electrons. The van der Waals surface area contributed by atoms with E-state index in [0.29, 0.717) is 0 Å². The maximum atomic E-state index is 13.5. The van der Waals surface area contributed by atoms with E-state index in [2.05, 4.69) is 0 Å². The number of aliphatic hydroxyl groups is 1. The van der Waals surface area contributed by atoms with Crippen LogP contribution in [0.5, 0.6) is 0 Å². The molecule has 0 amide bonds. The van der Waals surface area contributed by atoms with Crippen molar-refractivity contribution in [3.63, 3.8) is 0 Å². The Morgan fingerprint density at radius 1 is 0.750 bits per heavy atom. The fraction of sp³-hybridized carbons (Fsp3) is 0.333. The topological polar surface area (TPSA) is 88.5 Å². The van der Waals surface area contributed by atoms with Gasteiger partial charge in [-0.05, 0) is 24.3 Å². The maximum absolute atomic E-state index is 13.5. The van der Waals surface area contributed by atoms with Gasteiger partial charge in [-0.15, -0.1) is 0 Å². The zero-order chi connectivity index (χ0) is 20.2. The smallest absolute Gasteiger partial charge is 0.183 e. The minimum Gasteiger partial charge on any atom is -0.396 e. The van der Waals surface area contributed by atoms with Gasteiger partial charge in [0.2, 0.25) is 0 Å². The maximum Gasteiger partial charge on any atom is 0.183 e. The van der Waals surface area contributed by atoms with Gasteiger partial charge in [-0.1, -0.05) is 55.5 Å². The summed E-state index contributed by atoms with van der Waals surface area (Å²) in [6.07, 6.45) is 3.53. The van der Waals surface area contributed by atoms with E-state index in [0.717, 1.165) is 0 Å². The van der Waals surface area contributed by atoms with Gasteiger partial charge in [0.25, 0.3) is 0 Å². The molecule has 5 atom stereocenters. The molecule has 0 heterocycles. The molecular weight excluding hydrogens is 396 g/mol. The first-order chi connectivity index (χ1) is 13.2. The highest BCUT2D eigenvalue weighted by molar-refractivity contribution is 7.96. The van der Waals surface area contributed by atoms with Gasteiger partial charge in [-0.3, -0.25) is 0 Å². The van der Waals surface area contributed by atoms with Crippen molar-refractivity contribution in [3.8, 4) is 0 Å². The molecule has 5 nitrogen and oxygen atoms in total. The van der Waals surface area contributed by atoms with Crippen LogP contribution in [0.25, 0.3) is 0 Å². The van der Waals surface area contributed by atoms with Crippen molar-refractivity contribution >= 4 is 19.7 Å². The number of hydrogen-bond acceptors (Lipinski definition) is 5. The van der Waals surface area contributed by atoms with Crippen molar-refractivity contribution in [2.75, 3.05) is 6.61 Å². The van der Waals surface area contributed by atoms with Crippen molar-refractivity contribution in [2.24, 2.45) is 17.3 Å². The van der Waals surface area contributed by atoms with Crippen molar-refractivity contribution < 1.29 is 21.9 Å². The molecule has 0 saturated heterocycles. The van der Waals surface area contributed by atoms with Crippen LogP contribution < -0.4 is 0 Å². The third kappa shape index (κ3) is 2.60. The van der Waals surface area contributed by atoms with Gasteiger partial charge in [0.1, 0.15) is 0 Å². The van der Waals surface area contributed by atoms with Crippen LogP contribution in [0.1, 0.15) is 6.92 Å². The van der Waals surface area contributed by atoms with Gasteiger partial charge < -0.3 is 5.11 Å². The number of benzene rings is 2. The van der Waals surface area contributed by atoms with E-state index in [1.54, 1.807) is 55.5 Å². The highest BCUT2D eigenvalue weighted by Crippen LogP contribution is 2.59. The summed E-state index contributed by atoms with van der Waals surface area (Å²) in [7, 11) is -7.87. The molecule has 2 aliphatic rings. The lowest BCUT2D eigenvalue weighted by Gasteiger charge is -2.28. The lowest BCUT2D eigenvalue weighted by atomic mass is 9.79. The van der Waals surface area contributed by atoms with Crippen molar-refractivity contribution in [3.05, 3.63) is 72.8 Å². The summed E-state index contributed by atoms with van der Waals surface area (Å²) in [5, 5.41) is 7.79. The molecular formula is C21H22O5S2. The fourth-order valence-electron chi connectivity index (χ4n) is 4.76. The Kier molecular flexibility index (Phi) is 4.52. The molecule has 2 bridgehead atoms. The minimum absolute atomic E-state index is 0.106. The standard InChI is InChI=1S/C21H22O5S2/c1-21(14-22)17-12-13-18(21)20(28(25,26)16-10-6-3-7-11-16)19(17)27(23,24)15-8-4-2-5-9-15/h2-13,17-20,22H,14H2,1H3/t17-,18-,19-,20+,21?/m0/s1. The number of fused-ring (bicyclic) bond motifs is 2. The molecule has 0 aromatic heterocycles. The van der Waals surface area contributed by atoms with E-state index >= 15 is 0 Å². The van der Waals surface area contributed by atoms with E-state index in [9.17, 15) is 21.9 Å². The third-order valence-electron chi connectivity index (χ3n) is 6.28. The second kappa shape index (κ2) is 6.54. The second-order valence-corrected chi connectivity index (χ2v) is 12.0. The Balaban J connectivity index is 1.92. The molecule has 28 heavy (non-hydrogen) atoms. The van der Waals surface area contributed by atoms with Crippen LogP contribution in [0, 0.1) is 17.3 Å².